The minimum absolute atomic E-state index is 0.764. The molecule has 1 aromatic heterocycles. The van der Waals surface area contributed by atoms with E-state index < -0.39 is 0 Å². The monoisotopic (exact) mass is 303 g/mol. The maximum atomic E-state index is 6.06. The van der Waals surface area contributed by atoms with E-state index in [-0.39, 0.29) is 0 Å². The summed E-state index contributed by atoms with van der Waals surface area (Å²) >= 11 is 7.77. The Labute approximate surface area is 127 Å². The highest BCUT2D eigenvalue weighted by Crippen LogP contribution is 2.35. The first kappa shape index (κ1) is 13.4. The molecular weight excluding hydrogens is 290 g/mol. The van der Waals surface area contributed by atoms with Crippen LogP contribution in [-0.4, -0.2) is 12.1 Å². The molecule has 0 bridgehead atoms. The van der Waals surface area contributed by atoms with Crippen molar-refractivity contribution >= 4 is 34.3 Å². The number of rotatable bonds is 3. The Kier molecular flexibility index (Phi) is 3.64. The van der Waals surface area contributed by atoms with Crippen molar-refractivity contribution in [3.8, 4) is 5.75 Å². The van der Waals surface area contributed by atoms with Crippen molar-refractivity contribution < 1.29 is 4.74 Å². The molecule has 3 aromatic rings. The Morgan fingerprint density at radius 1 is 1.10 bits per heavy atom. The third kappa shape index (κ3) is 2.51. The van der Waals surface area contributed by atoms with Crippen LogP contribution in [0.4, 0.5) is 0 Å². The van der Waals surface area contributed by atoms with Gasteiger partial charge in [0.25, 0.3) is 0 Å². The van der Waals surface area contributed by atoms with E-state index in [2.05, 4.69) is 24.0 Å². The zero-order valence-corrected chi connectivity index (χ0v) is 12.8. The molecule has 4 heteroatoms. The zero-order valence-electron chi connectivity index (χ0n) is 11.2. The minimum atomic E-state index is 0.764. The minimum Gasteiger partial charge on any atom is -0.497 e. The highest BCUT2D eigenvalue weighted by molar-refractivity contribution is 7.99. The number of methoxy groups -OCH3 is 1. The predicted octanol–water partition coefficient (Wildman–Crippen LogP) is 5.29. The molecule has 0 radical (unpaired) electrons. The quantitative estimate of drug-likeness (QED) is 0.711. The fourth-order valence-corrected chi connectivity index (χ4v) is 3.24. The smallest absolute Gasteiger partial charge is 0.118 e. The van der Waals surface area contributed by atoms with Gasteiger partial charge >= 0.3 is 0 Å². The molecule has 0 atom stereocenters. The number of nitrogens with one attached hydrogen (secondary N) is 1. The van der Waals surface area contributed by atoms with E-state index >= 15 is 0 Å². The normalized spacial score (nSPS) is 10.9. The average molecular weight is 304 g/mol. The fraction of sp³-hybridized carbons (Fsp3) is 0.125. The molecule has 0 saturated carbocycles. The first-order valence-corrected chi connectivity index (χ1v) is 7.46. The van der Waals surface area contributed by atoms with Crippen molar-refractivity contribution in [3.63, 3.8) is 0 Å². The van der Waals surface area contributed by atoms with Crippen molar-refractivity contribution in [1.29, 1.82) is 0 Å². The second kappa shape index (κ2) is 5.43. The molecule has 0 amide bonds. The molecule has 2 aromatic carbocycles. The van der Waals surface area contributed by atoms with Crippen LogP contribution in [0.2, 0.25) is 5.02 Å². The van der Waals surface area contributed by atoms with Crippen molar-refractivity contribution in [3.05, 3.63) is 53.1 Å². The van der Waals surface area contributed by atoms with E-state index in [1.165, 1.54) is 15.8 Å². The lowest BCUT2D eigenvalue weighted by Crippen LogP contribution is -1.81. The Morgan fingerprint density at radius 3 is 2.55 bits per heavy atom. The standard InChI is InChI=1S/C16H14ClNOS/c1-10-14-9-11(17)3-8-15(14)18-16(10)20-13-6-4-12(19-2)5-7-13/h3-9,18H,1-2H3. The van der Waals surface area contributed by atoms with Gasteiger partial charge in [0.2, 0.25) is 0 Å². The van der Waals surface area contributed by atoms with Gasteiger partial charge in [-0.3, -0.25) is 0 Å². The van der Waals surface area contributed by atoms with Gasteiger partial charge < -0.3 is 9.72 Å². The summed E-state index contributed by atoms with van der Waals surface area (Å²) in [5.74, 6) is 0.870. The van der Waals surface area contributed by atoms with Gasteiger partial charge in [-0.15, -0.1) is 0 Å². The van der Waals surface area contributed by atoms with Gasteiger partial charge in [0, 0.05) is 20.8 Å². The summed E-state index contributed by atoms with van der Waals surface area (Å²) < 4.78 is 5.17. The van der Waals surface area contributed by atoms with Gasteiger partial charge in [0.15, 0.2) is 0 Å². The number of halogens is 1. The molecule has 102 valence electrons. The second-order valence-electron chi connectivity index (χ2n) is 4.55. The maximum Gasteiger partial charge on any atom is 0.118 e. The second-order valence-corrected chi connectivity index (χ2v) is 6.07. The van der Waals surface area contributed by atoms with Crippen molar-refractivity contribution in [2.45, 2.75) is 16.8 Å². The number of aromatic nitrogens is 1. The molecule has 3 rings (SSSR count). The third-order valence-electron chi connectivity index (χ3n) is 3.25. The SMILES string of the molecule is COc1ccc(Sc2[nH]c3ccc(Cl)cc3c2C)cc1. The summed E-state index contributed by atoms with van der Waals surface area (Å²) in [4.78, 5) is 4.61. The van der Waals surface area contributed by atoms with E-state index in [1.807, 2.05) is 30.3 Å². The van der Waals surface area contributed by atoms with Crippen LogP contribution in [0, 0.1) is 6.92 Å². The lowest BCUT2D eigenvalue weighted by molar-refractivity contribution is 0.414. The molecule has 0 aliphatic heterocycles. The van der Waals surface area contributed by atoms with Gasteiger partial charge in [-0.25, -0.2) is 0 Å². The van der Waals surface area contributed by atoms with E-state index in [1.54, 1.807) is 18.9 Å². The number of H-pyrrole nitrogens is 1. The fourth-order valence-electron chi connectivity index (χ4n) is 2.14. The highest BCUT2D eigenvalue weighted by atomic mass is 35.5. The summed E-state index contributed by atoms with van der Waals surface area (Å²) in [5.41, 5.74) is 2.34. The Bertz CT molecular complexity index is 749. The molecule has 0 unspecified atom stereocenters. The summed E-state index contributed by atoms with van der Waals surface area (Å²) in [5, 5.41) is 3.08. The van der Waals surface area contributed by atoms with Gasteiger partial charge in [-0.1, -0.05) is 23.4 Å². The number of hydrogen-bond donors (Lipinski definition) is 1. The molecular formula is C16H14ClNOS. The van der Waals surface area contributed by atoms with Crippen LogP contribution in [0.1, 0.15) is 5.56 Å². The number of ether oxygens (including phenoxy) is 1. The maximum absolute atomic E-state index is 6.06. The lowest BCUT2D eigenvalue weighted by atomic mass is 10.2. The van der Waals surface area contributed by atoms with Crippen molar-refractivity contribution in [2.24, 2.45) is 0 Å². The van der Waals surface area contributed by atoms with Gasteiger partial charge in [0.05, 0.1) is 12.1 Å². The van der Waals surface area contributed by atoms with Crippen LogP contribution in [0.25, 0.3) is 10.9 Å². The molecule has 0 spiro atoms. The summed E-state index contributed by atoms with van der Waals surface area (Å²) in [6.45, 7) is 2.11. The molecule has 1 N–H and O–H groups in total. The third-order valence-corrected chi connectivity index (χ3v) is 4.61. The first-order valence-electron chi connectivity index (χ1n) is 6.27. The van der Waals surface area contributed by atoms with Crippen LogP contribution >= 0.6 is 23.4 Å². The van der Waals surface area contributed by atoms with Crippen molar-refractivity contribution in [1.82, 2.24) is 4.98 Å². The van der Waals surface area contributed by atoms with Gasteiger partial charge in [-0.2, -0.15) is 0 Å². The number of aromatic amines is 1. The van der Waals surface area contributed by atoms with Crippen LogP contribution in [0.5, 0.6) is 5.75 Å². The predicted molar refractivity (Wildman–Crippen MR) is 85.2 cm³/mol. The Hall–Kier alpha value is -1.58. The molecule has 0 aliphatic carbocycles. The number of benzene rings is 2. The highest BCUT2D eigenvalue weighted by Gasteiger charge is 2.09. The number of aryl methyl sites for hydroxylation is 1. The van der Waals surface area contributed by atoms with Crippen LogP contribution in [0.3, 0.4) is 0 Å². The van der Waals surface area contributed by atoms with E-state index in [4.69, 9.17) is 16.3 Å². The lowest BCUT2D eigenvalue weighted by Gasteiger charge is -2.03. The summed E-state index contributed by atoms with van der Waals surface area (Å²) in [6, 6.07) is 14.0. The molecule has 0 saturated heterocycles. The average Bonchev–Trinajstić information content (AvgIpc) is 2.76. The summed E-state index contributed by atoms with van der Waals surface area (Å²) in [7, 11) is 1.67. The molecule has 0 aliphatic rings. The zero-order chi connectivity index (χ0) is 14.1. The van der Waals surface area contributed by atoms with Crippen LogP contribution in [-0.2, 0) is 0 Å². The van der Waals surface area contributed by atoms with E-state index in [0.29, 0.717) is 0 Å². The van der Waals surface area contributed by atoms with E-state index in [0.717, 1.165) is 21.3 Å². The Balaban J connectivity index is 1.95. The molecule has 1 heterocycles. The number of fused-ring (bicyclic) bond motifs is 1. The van der Waals surface area contributed by atoms with Crippen LogP contribution < -0.4 is 4.74 Å². The van der Waals surface area contributed by atoms with Gasteiger partial charge in [-0.05, 0) is 55.0 Å². The van der Waals surface area contributed by atoms with Crippen molar-refractivity contribution in [2.75, 3.05) is 7.11 Å². The van der Waals surface area contributed by atoms with Gasteiger partial charge in [0.1, 0.15) is 5.75 Å². The molecule has 0 fully saturated rings. The number of hydrogen-bond acceptors (Lipinski definition) is 2. The molecule has 2 nitrogen and oxygen atoms in total. The largest absolute Gasteiger partial charge is 0.497 e. The molecule has 20 heavy (non-hydrogen) atoms. The Morgan fingerprint density at radius 2 is 1.85 bits per heavy atom. The topological polar surface area (TPSA) is 25.0 Å². The van der Waals surface area contributed by atoms with E-state index in [9.17, 15) is 0 Å². The van der Waals surface area contributed by atoms with Crippen LogP contribution in [0.15, 0.2) is 52.4 Å². The summed E-state index contributed by atoms with van der Waals surface area (Å²) in [6.07, 6.45) is 0. The first-order chi connectivity index (χ1) is 9.67.